The van der Waals surface area contributed by atoms with Crippen LogP contribution in [0, 0.1) is 6.92 Å². The summed E-state index contributed by atoms with van der Waals surface area (Å²) in [6.07, 6.45) is 1.66. The molecule has 0 atom stereocenters. The molecule has 0 saturated carbocycles. The Hall–Kier alpha value is -2.38. The van der Waals surface area contributed by atoms with E-state index in [9.17, 15) is 9.59 Å². The lowest BCUT2D eigenvalue weighted by Gasteiger charge is -2.10. The SMILES string of the molecule is C=CCn1c(SCC(=O)OCC)nc2sc(-c3ccccc3)c(C)c2c1=O. The van der Waals surface area contributed by atoms with Gasteiger partial charge in [0.15, 0.2) is 5.16 Å². The number of nitrogens with zero attached hydrogens (tertiary/aromatic N) is 2. The summed E-state index contributed by atoms with van der Waals surface area (Å²) in [7, 11) is 0. The van der Waals surface area contributed by atoms with Crippen LogP contribution >= 0.6 is 23.1 Å². The second-order valence-corrected chi connectivity index (χ2v) is 7.74. The maximum atomic E-state index is 13.1. The van der Waals surface area contributed by atoms with E-state index in [-0.39, 0.29) is 17.3 Å². The summed E-state index contributed by atoms with van der Waals surface area (Å²) in [5.74, 6) is -0.215. The van der Waals surface area contributed by atoms with Crippen molar-refractivity contribution in [1.29, 1.82) is 0 Å². The molecule has 5 nitrogen and oxygen atoms in total. The third kappa shape index (κ3) is 3.99. The van der Waals surface area contributed by atoms with Crippen molar-refractivity contribution < 1.29 is 9.53 Å². The zero-order valence-corrected chi connectivity index (χ0v) is 16.9. The molecule has 0 spiro atoms. The molecule has 0 aliphatic rings. The Kier molecular flexibility index (Phi) is 6.13. The molecule has 0 unspecified atom stereocenters. The van der Waals surface area contributed by atoms with Crippen molar-refractivity contribution in [2.24, 2.45) is 0 Å². The van der Waals surface area contributed by atoms with Crippen LogP contribution in [0.3, 0.4) is 0 Å². The van der Waals surface area contributed by atoms with E-state index in [4.69, 9.17) is 4.74 Å². The number of rotatable bonds is 7. The number of thioether (sulfide) groups is 1. The lowest BCUT2D eigenvalue weighted by molar-refractivity contribution is -0.139. The van der Waals surface area contributed by atoms with Gasteiger partial charge in [0.1, 0.15) is 4.83 Å². The predicted molar refractivity (Wildman–Crippen MR) is 112 cm³/mol. The van der Waals surface area contributed by atoms with Crippen molar-refractivity contribution in [3.8, 4) is 10.4 Å². The molecular weight excluding hydrogens is 380 g/mol. The van der Waals surface area contributed by atoms with E-state index in [1.807, 2.05) is 37.3 Å². The van der Waals surface area contributed by atoms with Crippen molar-refractivity contribution in [2.75, 3.05) is 12.4 Å². The van der Waals surface area contributed by atoms with Gasteiger partial charge in [-0.25, -0.2) is 4.98 Å². The van der Waals surface area contributed by atoms with Crippen LogP contribution < -0.4 is 5.56 Å². The first-order chi connectivity index (χ1) is 13.1. The van der Waals surface area contributed by atoms with E-state index >= 15 is 0 Å². The fourth-order valence-electron chi connectivity index (χ4n) is 2.79. The number of ether oxygens (including phenoxy) is 1. The van der Waals surface area contributed by atoms with Gasteiger partial charge in [-0.2, -0.15) is 0 Å². The Balaban J connectivity index is 2.11. The standard InChI is InChI=1S/C20H20N2O3S2/c1-4-11-22-19(24)16-13(3)17(14-9-7-6-8-10-14)27-18(16)21-20(22)26-12-15(23)25-5-2/h4,6-10H,1,5,11-12H2,2-3H3. The Morgan fingerprint density at radius 2 is 2.11 bits per heavy atom. The van der Waals surface area contributed by atoms with Gasteiger partial charge in [-0.3, -0.25) is 14.2 Å². The van der Waals surface area contributed by atoms with Gasteiger partial charge in [-0.15, -0.1) is 17.9 Å². The molecule has 0 saturated heterocycles. The lowest BCUT2D eigenvalue weighted by atomic mass is 10.1. The lowest BCUT2D eigenvalue weighted by Crippen LogP contribution is -2.23. The van der Waals surface area contributed by atoms with E-state index in [1.165, 1.54) is 23.1 Å². The summed E-state index contributed by atoms with van der Waals surface area (Å²) in [6, 6.07) is 9.96. The third-order valence-electron chi connectivity index (χ3n) is 3.99. The number of benzene rings is 1. The number of carbonyl (C=O) groups is 1. The van der Waals surface area contributed by atoms with Crippen LogP contribution in [0.5, 0.6) is 0 Å². The molecule has 2 heterocycles. The number of aromatic nitrogens is 2. The van der Waals surface area contributed by atoms with E-state index < -0.39 is 0 Å². The van der Waals surface area contributed by atoms with E-state index in [0.29, 0.717) is 28.5 Å². The Bertz CT molecular complexity index is 1040. The van der Waals surface area contributed by atoms with E-state index in [1.54, 1.807) is 17.6 Å². The van der Waals surface area contributed by atoms with Gasteiger partial charge in [0, 0.05) is 11.4 Å². The summed E-state index contributed by atoms with van der Waals surface area (Å²) in [5.41, 5.74) is 1.88. The van der Waals surface area contributed by atoms with Gasteiger partial charge < -0.3 is 4.74 Å². The molecule has 0 aliphatic carbocycles. The molecule has 0 fully saturated rings. The highest BCUT2D eigenvalue weighted by atomic mass is 32.2. The van der Waals surface area contributed by atoms with Gasteiger partial charge in [-0.05, 0) is 25.0 Å². The van der Waals surface area contributed by atoms with E-state index in [0.717, 1.165) is 16.0 Å². The molecule has 7 heteroatoms. The number of thiophene rings is 1. The van der Waals surface area contributed by atoms with Crippen LogP contribution in [-0.2, 0) is 16.1 Å². The number of hydrogen-bond donors (Lipinski definition) is 0. The van der Waals surface area contributed by atoms with Gasteiger partial charge in [-0.1, -0.05) is 48.2 Å². The fourth-order valence-corrected chi connectivity index (χ4v) is 4.82. The number of allylic oxidation sites excluding steroid dienone is 1. The molecule has 3 rings (SSSR count). The van der Waals surface area contributed by atoms with Gasteiger partial charge >= 0.3 is 5.97 Å². The largest absolute Gasteiger partial charge is 0.465 e. The molecule has 140 valence electrons. The number of esters is 1. The molecule has 0 aliphatic heterocycles. The number of aryl methyl sites for hydroxylation is 1. The van der Waals surface area contributed by atoms with Crippen molar-refractivity contribution in [3.05, 3.63) is 58.9 Å². The van der Waals surface area contributed by atoms with Crippen LogP contribution in [0.1, 0.15) is 12.5 Å². The average Bonchev–Trinajstić information content (AvgIpc) is 3.00. The monoisotopic (exact) mass is 400 g/mol. The van der Waals surface area contributed by atoms with Crippen LogP contribution in [0.4, 0.5) is 0 Å². The van der Waals surface area contributed by atoms with Gasteiger partial charge in [0.25, 0.3) is 5.56 Å². The summed E-state index contributed by atoms with van der Waals surface area (Å²) in [6.45, 7) is 8.11. The number of fused-ring (bicyclic) bond motifs is 1. The third-order valence-corrected chi connectivity index (χ3v) is 6.17. The molecule has 1 aromatic carbocycles. The van der Waals surface area contributed by atoms with Crippen LogP contribution in [-0.4, -0.2) is 27.9 Å². The molecule has 0 amide bonds. The maximum Gasteiger partial charge on any atom is 0.316 e. The van der Waals surface area contributed by atoms with Crippen LogP contribution in [0.25, 0.3) is 20.7 Å². The maximum absolute atomic E-state index is 13.1. The normalized spacial score (nSPS) is 10.9. The molecular formula is C20H20N2O3S2. The van der Waals surface area contributed by atoms with Crippen LogP contribution in [0.2, 0.25) is 0 Å². The van der Waals surface area contributed by atoms with Crippen molar-refractivity contribution in [3.63, 3.8) is 0 Å². The van der Waals surface area contributed by atoms with Gasteiger partial charge in [0.2, 0.25) is 0 Å². The summed E-state index contributed by atoms with van der Waals surface area (Å²) >= 11 is 2.71. The Morgan fingerprint density at radius 1 is 1.37 bits per heavy atom. The second kappa shape index (κ2) is 8.54. The minimum Gasteiger partial charge on any atom is -0.465 e. The first-order valence-corrected chi connectivity index (χ1v) is 10.4. The van der Waals surface area contributed by atoms with Crippen molar-refractivity contribution in [1.82, 2.24) is 9.55 Å². The smallest absolute Gasteiger partial charge is 0.316 e. The van der Waals surface area contributed by atoms with Crippen molar-refractivity contribution in [2.45, 2.75) is 25.5 Å². The summed E-state index contributed by atoms with van der Waals surface area (Å²) in [5, 5.41) is 1.13. The minimum atomic E-state index is -0.325. The highest BCUT2D eigenvalue weighted by molar-refractivity contribution is 7.99. The fraction of sp³-hybridized carbons (Fsp3) is 0.250. The molecule has 27 heavy (non-hydrogen) atoms. The quantitative estimate of drug-likeness (QED) is 0.256. The Labute approximate surface area is 165 Å². The molecule has 3 aromatic rings. The highest BCUT2D eigenvalue weighted by Crippen LogP contribution is 2.36. The number of hydrogen-bond acceptors (Lipinski definition) is 6. The molecule has 0 radical (unpaired) electrons. The number of carbonyl (C=O) groups excluding carboxylic acids is 1. The minimum absolute atomic E-state index is 0.109. The predicted octanol–water partition coefficient (Wildman–Crippen LogP) is 4.27. The molecule has 0 N–H and O–H groups in total. The second-order valence-electron chi connectivity index (χ2n) is 5.79. The summed E-state index contributed by atoms with van der Waals surface area (Å²) in [4.78, 5) is 31.2. The summed E-state index contributed by atoms with van der Waals surface area (Å²) < 4.78 is 6.53. The van der Waals surface area contributed by atoms with Gasteiger partial charge in [0.05, 0.1) is 17.7 Å². The van der Waals surface area contributed by atoms with Crippen molar-refractivity contribution >= 4 is 39.3 Å². The topological polar surface area (TPSA) is 61.2 Å². The van der Waals surface area contributed by atoms with Crippen LogP contribution in [0.15, 0.2) is 52.9 Å². The Morgan fingerprint density at radius 3 is 2.78 bits per heavy atom. The first kappa shape index (κ1) is 19.4. The van der Waals surface area contributed by atoms with E-state index in [2.05, 4.69) is 11.6 Å². The molecule has 0 bridgehead atoms. The zero-order chi connectivity index (χ0) is 19.4. The zero-order valence-electron chi connectivity index (χ0n) is 15.2. The highest BCUT2D eigenvalue weighted by Gasteiger charge is 2.19. The molecule has 2 aromatic heterocycles. The first-order valence-electron chi connectivity index (χ1n) is 8.55. The average molecular weight is 401 g/mol.